The molecule has 0 aliphatic heterocycles. The molecule has 0 fully saturated rings. The van der Waals surface area contributed by atoms with Crippen molar-refractivity contribution in [1.82, 2.24) is 10.0 Å². The number of likely N-dealkylation sites (N-methyl/N-ethyl adjacent to an activating group) is 1. The fraction of sp³-hybridized carbons (Fsp3) is 0.300. The van der Waals surface area contributed by atoms with E-state index in [4.69, 9.17) is 5.73 Å². The molecule has 1 rings (SSSR count). The zero-order valence-corrected chi connectivity index (χ0v) is 12.5. The molecule has 4 N–H and O–H groups in total. The summed E-state index contributed by atoms with van der Waals surface area (Å²) in [6.45, 7) is -0.471. The monoisotopic (exact) mass is 321 g/mol. The second kappa shape index (κ2) is 5.77. The van der Waals surface area contributed by atoms with Crippen molar-refractivity contribution in [3.05, 3.63) is 18.2 Å². The van der Waals surface area contributed by atoms with Gasteiger partial charge in [-0.3, -0.25) is 4.79 Å². The molecule has 0 saturated heterocycles. The van der Waals surface area contributed by atoms with Gasteiger partial charge in [-0.05, 0) is 18.2 Å². The van der Waals surface area contributed by atoms with Gasteiger partial charge >= 0.3 is 0 Å². The van der Waals surface area contributed by atoms with Crippen molar-refractivity contribution in [3.8, 4) is 0 Å². The number of carbonyl (C=O) groups excluding carboxylic acids is 1. The van der Waals surface area contributed by atoms with Gasteiger partial charge in [-0.25, -0.2) is 21.6 Å². The van der Waals surface area contributed by atoms with Crippen molar-refractivity contribution in [2.24, 2.45) is 0 Å². The van der Waals surface area contributed by atoms with Crippen LogP contribution < -0.4 is 15.8 Å². The molecule has 0 unspecified atom stereocenters. The van der Waals surface area contributed by atoms with Crippen molar-refractivity contribution in [3.63, 3.8) is 0 Å². The zero-order valence-electron chi connectivity index (χ0n) is 10.9. The molecule has 1 aromatic rings. The molecule has 10 heteroatoms. The van der Waals surface area contributed by atoms with Gasteiger partial charge in [-0.1, -0.05) is 0 Å². The Morgan fingerprint density at radius 1 is 1.25 bits per heavy atom. The number of hydrogen-bond acceptors (Lipinski definition) is 6. The van der Waals surface area contributed by atoms with Crippen LogP contribution in [0.15, 0.2) is 28.0 Å². The maximum Gasteiger partial charge on any atom is 0.243 e. The summed E-state index contributed by atoms with van der Waals surface area (Å²) in [5.74, 6) is -0.536. The number of sulfone groups is 1. The number of rotatable bonds is 5. The van der Waals surface area contributed by atoms with Gasteiger partial charge in [0.1, 0.15) is 4.90 Å². The molecule has 0 radical (unpaired) electrons. The fourth-order valence-electron chi connectivity index (χ4n) is 1.30. The summed E-state index contributed by atoms with van der Waals surface area (Å²) in [5.41, 5.74) is 5.43. The largest absolute Gasteiger partial charge is 0.398 e. The van der Waals surface area contributed by atoms with Crippen LogP contribution in [-0.2, 0) is 24.7 Å². The molecule has 0 atom stereocenters. The van der Waals surface area contributed by atoms with Gasteiger partial charge < -0.3 is 11.1 Å². The Labute approximate surface area is 117 Å². The molecular weight excluding hydrogens is 306 g/mol. The van der Waals surface area contributed by atoms with Crippen molar-refractivity contribution >= 4 is 31.5 Å². The minimum atomic E-state index is -4.08. The van der Waals surface area contributed by atoms with Gasteiger partial charge in [0.2, 0.25) is 15.9 Å². The van der Waals surface area contributed by atoms with Gasteiger partial charge in [0.05, 0.1) is 17.1 Å². The lowest BCUT2D eigenvalue weighted by molar-refractivity contribution is -0.119. The van der Waals surface area contributed by atoms with Crippen LogP contribution in [0.4, 0.5) is 5.69 Å². The van der Waals surface area contributed by atoms with Crippen LogP contribution >= 0.6 is 0 Å². The molecule has 0 aromatic heterocycles. The Bertz CT molecular complexity index is 725. The van der Waals surface area contributed by atoms with Crippen molar-refractivity contribution < 1.29 is 21.6 Å². The Morgan fingerprint density at radius 3 is 2.35 bits per heavy atom. The summed E-state index contributed by atoms with van der Waals surface area (Å²) in [4.78, 5) is 10.5. The van der Waals surface area contributed by atoms with Gasteiger partial charge in [0, 0.05) is 13.3 Å². The SMILES string of the molecule is CNC(=O)CNS(=O)(=O)c1cc(S(C)(=O)=O)ccc1N. The first-order valence-corrected chi connectivity index (χ1v) is 8.75. The predicted molar refractivity (Wildman–Crippen MR) is 73.2 cm³/mol. The summed E-state index contributed by atoms with van der Waals surface area (Å²) in [6.07, 6.45) is 0.951. The fourth-order valence-corrected chi connectivity index (χ4v) is 3.16. The molecule has 0 saturated carbocycles. The third-order valence-corrected chi connectivity index (χ3v) is 4.97. The van der Waals surface area contributed by atoms with Gasteiger partial charge in [-0.2, -0.15) is 0 Å². The number of sulfonamides is 1. The topological polar surface area (TPSA) is 135 Å². The van der Waals surface area contributed by atoms with Crippen LogP contribution in [0.2, 0.25) is 0 Å². The van der Waals surface area contributed by atoms with Crippen LogP contribution in [-0.4, -0.2) is 42.6 Å². The minimum absolute atomic E-state index is 0.109. The van der Waals surface area contributed by atoms with E-state index in [0.717, 1.165) is 12.3 Å². The number of anilines is 1. The quantitative estimate of drug-likeness (QED) is 0.577. The number of nitrogens with two attached hydrogens (primary N) is 1. The molecule has 20 heavy (non-hydrogen) atoms. The van der Waals surface area contributed by atoms with E-state index >= 15 is 0 Å². The average Bonchev–Trinajstić information content (AvgIpc) is 2.34. The Kier molecular flexibility index (Phi) is 4.73. The van der Waals surface area contributed by atoms with Gasteiger partial charge in [0.25, 0.3) is 0 Å². The zero-order chi connectivity index (χ0) is 15.6. The van der Waals surface area contributed by atoms with E-state index in [9.17, 15) is 21.6 Å². The summed E-state index contributed by atoms with van der Waals surface area (Å²) in [7, 11) is -6.29. The average molecular weight is 321 g/mol. The molecule has 0 aliphatic carbocycles. The molecular formula is C10H15N3O5S2. The summed E-state index contributed by atoms with van der Waals surface area (Å²) >= 11 is 0. The molecule has 0 aliphatic rings. The molecule has 1 amide bonds. The number of hydrogen-bond donors (Lipinski definition) is 3. The summed E-state index contributed by atoms with van der Waals surface area (Å²) in [6, 6.07) is 3.35. The van der Waals surface area contributed by atoms with E-state index in [-0.39, 0.29) is 15.5 Å². The van der Waals surface area contributed by atoms with Crippen LogP contribution in [0, 0.1) is 0 Å². The highest BCUT2D eigenvalue weighted by atomic mass is 32.2. The molecule has 0 bridgehead atoms. The Balaban J connectivity index is 3.21. The van der Waals surface area contributed by atoms with Crippen LogP contribution in [0.3, 0.4) is 0 Å². The maximum atomic E-state index is 12.0. The lowest BCUT2D eigenvalue weighted by Crippen LogP contribution is -2.35. The van der Waals surface area contributed by atoms with E-state index < -0.39 is 32.3 Å². The number of carbonyl (C=O) groups is 1. The third kappa shape index (κ3) is 3.92. The second-order valence-electron chi connectivity index (χ2n) is 3.97. The van der Waals surface area contributed by atoms with Crippen molar-refractivity contribution in [2.45, 2.75) is 9.79 Å². The molecule has 8 nitrogen and oxygen atoms in total. The molecule has 0 heterocycles. The predicted octanol–water partition coefficient (Wildman–Crippen LogP) is -1.30. The first-order chi connectivity index (χ1) is 9.08. The number of benzene rings is 1. The Morgan fingerprint density at radius 2 is 1.85 bits per heavy atom. The van der Waals surface area contributed by atoms with Gasteiger partial charge in [0.15, 0.2) is 9.84 Å². The van der Waals surface area contributed by atoms with Gasteiger partial charge in [-0.15, -0.1) is 0 Å². The Hall–Kier alpha value is -1.65. The highest BCUT2D eigenvalue weighted by Gasteiger charge is 2.21. The molecule has 1 aromatic carbocycles. The van der Waals surface area contributed by atoms with E-state index in [1.807, 2.05) is 4.72 Å². The highest BCUT2D eigenvalue weighted by molar-refractivity contribution is 7.91. The maximum absolute atomic E-state index is 12.0. The standard InChI is InChI=1S/C10H15N3O5S2/c1-12-10(14)6-13-20(17,18)9-5-7(19(2,15)16)3-4-8(9)11/h3-5,13H,6,11H2,1-2H3,(H,12,14). The van der Waals surface area contributed by atoms with Crippen molar-refractivity contribution in [1.29, 1.82) is 0 Å². The van der Waals surface area contributed by atoms with E-state index in [1.54, 1.807) is 0 Å². The second-order valence-corrected chi connectivity index (χ2v) is 7.72. The first kappa shape index (κ1) is 16.4. The highest BCUT2D eigenvalue weighted by Crippen LogP contribution is 2.22. The summed E-state index contributed by atoms with van der Waals surface area (Å²) in [5, 5.41) is 2.25. The lowest BCUT2D eigenvalue weighted by atomic mass is 10.3. The molecule has 0 spiro atoms. The lowest BCUT2D eigenvalue weighted by Gasteiger charge is -2.10. The number of nitrogens with one attached hydrogen (secondary N) is 2. The normalized spacial score (nSPS) is 12.1. The van der Waals surface area contributed by atoms with Crippen LogP contribution in [0.25, 0.3) is 0 Å². The number of amides is 1. The van der Waals surface area contributed by atoms with E-state index in [0.29, 0.717) is 0 Å². The molecule has 112 valence electrons. The van der Waals surface area contributed by atoms with Crippen LogP contribution in [0.5, 0.6) is 0 Å². The van der Waals surface area contributed by atoms with E-state index in [1.165, 1.54) is 19.2 Å². The van der Waals surface area contributed by atoms with E-state index in [2.05, 4.69) is 5.32 Å². The first-order valence-electron chi connectivity index (χ1n) is 5.38. The third-order valence-electron chi connectivity index (χ3n) is 2.40. The van der Waals surface area contributed by atoms with Crippen LogP contribution in [0.1, 0.15) is 0 Å². The minimum Gasteiger partial charge on any atom is -0.398 e. The summed E-state index contributed by atoms with van der Waals surface area (Å²) < 4.78 is 48.8. The smallest absolute Gasteiger partial charge is 0.243 e. The number of nitrogen functional groups attached to an aromatic ring is 1. The van der Waals surface area contributed by atoms with Crippen molar-refractivity contribution in [2.75, 3.05) is 25.6 Å².